The fourth-order valence-corrected chi connectivity index (χ4v) is 2.27. The van der Waals surface area contributed by atoms with E-state index in [0.717, 1.165) is 6.42 Å². The monoisotopic (exact) mass is 281 g/mol. The fourth-order valence-electron chi connectivity index (χ4n) is 1.35. The van der Waals surface area contributed by atoms with Gasteiger partial charge < -0.3 is 10.1 Å². The van der Waals surface area contributed by atoms with E-state index in [9.17, 15) is 0 Å². The first-order valence-corrected chi connectivity index (χ1v) is 6.11. The van der Waals surface area contributed by atoms with Crippen LogP contribution >= 0.6 is 34.8 Å². The van der Waals surface area contributed by atoms with Crippen LogP contribution in [0.1, 0.15) is 13.3 Å². The van der Waals surface area contributed by atoms with E-state index in [-0.39, 0.29) is 6.04 Å². The molecule has 0 saturated heterocycles. The van der Waals surface area contributed by atoms with Crippen molar-refractivity contribution in [3.05, 3.63) is 27.2 Å². The molecule has 16 heavy (non-hydrogen) atoms. The number of nitrogens with one attached hydrogen (secondary N) is 1. The molecule has 0 aliphatic heterocycles. The fraction of sp³-hybridized carbons (Fsp3) is 0.455. The summed E-state index contributed by atoms with van der Waals surface area (Å²) in [7, 11) is 1.66. The molecule has 90 valence electrons. The minimum atomic E-state index is 0.182. The molecule has 1 N–H and O–H groups in total. The van der Waals surface area contributed by atoms with Gasteiger partial charge in [-0.05, 0) is 18.6 Å². The van der Waals surface area contributed by atoms with E-state index < -0.39 is 0 Å². The first-order chi connectivity index (χ1) is 7.58. The maximum atomic E-state index is 6.06. The Morgan fingerprint density at radius 3 is 2.25 bits per heavy atom. The molecule has 1 aromatic rings. The van der Waals surface area contributed by atoms with Crippen LogP contribution in [0.5, 0.6) is 0 Å². The summed E-state index contributed by atoms with van der Waals surface area (Å²) < 4.78 is 5.10. The summed E-state index contributed by atoms with van der Waals surface area (Å²) in [6.07, 6.45) is 0.920. The van der Waals surface area contributed by atoms with Gasteiger partial charge in [0.2, 0.25) is 0 Å². The molecule has 0 saturated carbocycles. The van der Waals surface area contributed by atoms with E-state index in [2.05, 4.69) is 12.2 Å². The first-order valence-electron chi connectivity index (χ1n) is 4.98. The third-order valence-corrected chi connectivity index (χ3v) is 3.03. The zero-order valence-corrected chi connectivity index (χ0v) is 11.5. The minimum absolute atomic E-state index is 0.182. The normalized spacial score (nSPS) is 12.6. The number of halogens is 3. The van der Waals surface area contributed by atoms with Gasteiger partial charge in [0.25, 0.3) is 0 Å². The highest BCUT2D eigenvalue weighted by Gasteiger charge is 2.12. The quantitative estimate of drug-likeness (QED) is 0.859. The Hall–Kier alpha value is -0.150. The Balaban J connectivity index is 2.87. The molecule has 0 amide bonds. The van der Waals surface area contributed by atoms with Crippen molar-refractivity contribution in [2.45, 2.75) is 19.4 Å². The predicted molar refractivity (Wildman–Crippen MR) is 71.0 cm³/mol. The molecule has 1 rings (SSSR count). The van der Waals surface area contributed by atoms with Crippen LogP contribution in [0.4, 0.5) is 5.69 Å². The van der Waals surface area contributed by atoms with Crippen LogP contribution in [0, 0.1) is 0 Å². The third kappa shape index (κ3) is 3.70. The molecule has 0 aliphatic carbocycles. The molecule has 0 aliphatic rings. The molecular weight excluding hydrogens is 268 g/mol. The lowest BCUT2D eigenvalue weighted by Gasteiger charge is -2.19. The maximum absolute atomic E-state index is 6.06. The van der Waals surface area contributed by atoms with Gasteiger partial charge in [-0.1, -0.05) is 41.7 Å². The summed E-state index contributed by atoms with van der Waals surface area (Å²) in [5.74, 6) is 0. The van der Waals surface area contributed by atoms with Crippen LogP contribution in [0.15, 0.2) is 12.1 Å². The van der Waals surface area contributed by atoms with Crippen LogP contribution < -0.4 is 5.32 Å². The predicted octanol–water partition coefficient (Wildman–Crippen LogP) is 4.48. The van der Waals surface area contributed by atoms with Crippen LogP contribution in [0.3, 0.4) is 0 Å². The van der Waals surface area contributed by atoms with E-state index in [1.807, 2.05) is 0 Å². The average molecular weight is 283 g/mol. The van der Waals surface area contributed by atoms with Gasteiger partial charge >= 0.3 is 0 Å². The van der Waals surface area contributed by atoms with Crippen molar-refractivity contribution in [1.29, 1.82) is 0 Å². The molecular formula is C11H14Cl3NO. The van der Waals surface area contributed by atoms with Gasteiger partial charge in [0, 0.05) is 18.2 Å². The summed E-state index contributed by atoms with van der Waals surface area (Å²) in [5.41, 5.74) is 0.705. The summed E-state index contributed by atoms with van der Waals surface area (Å²) >= 11 is 18.0. The van der Waals surface area contributed by atoms with Gasteiger partial charge in [-0.2, -0.15) is 0 Å². The highest BCUT2D eigenvalue weighted by Crippen LogP contribution is 2.34. The topological polar surface area (TPSA) is 21.3 Å². The SMILES string of the molecule is CCC(COC)Nc1c(Cl)cc(Cl)cc1Cl. The largest absolute Gasteiger partial charge is 0.383 e. The Kier molecular flexibility index (Phi) is 5.70. The number of anilines is 1. The molecule has 0 heterocycles. The first kappa shape index (κ1) is 13.9. The molecule has 0 aromatic heterocycles. The lowest BCUT2D eigenvalue weighted by Crippen LogP contribution is -2.24. The van der Waals surface area contributed by atoms with Gasteiger partial charge in [-0.3, -0.25) is 0 Å². The van der Waals surface area contributed by atoms with Crippen LogP contribution in [-0.4, -0.2) is 19.8 Å². The zero-order valence-electron chi connectivity index (χ0n) is 9.19. The van der Waals surface area contributed by atoms with Crippen molar-refractivity contribution in [3.63, 3.8) is 0 Å². The second-order valence-electron chi connectivity index (χ2n) is 3.45. The Labute approximate surface area is 111 Å². The number of rotatable bonds is 5. The molecule has 0 spiro atoms. The zero-order chi connectivity index (χ0) is 12.1. The molecule has 1 atom stereocenters. The second-order valence-corrected chi connectivity index (χ2v) is 4.70. The standard InChI is InChI=1S/C11H14Cl3NO/c1-3-8(6-16-2)15-11-9(13)4-7(12)5-10(11)14/h4-5,8,15H,3,6H2,1-2H3. The lowest BCUT2D eigenvalue weighted by atomic mass is 10.2. The Bertz CT molecular complexity index is 334. The van der Waals surface area contributed by atoms with E-state index in [1.54, 1.807) is 19.2 Å². The summed E-state index contributed by atoms with van der Waals surface area (Å²) in [5, 5.41) is 4.81. The number of methoxy groups -OCH3 is 1. The maximum Gasteiger partial charge on any atom is 0.0722 e. The van der Waals surface area contributed by atoms with Crippen molar-refractivity contribution in [2.75, 3.05) is 19.0 Å². The van der Waals surface area contributed by atoms with Gasteiger partial charge in [-0.15, -0.1) is 0 Å². The molecule has 5 heteroatoms. The van der Waals surface area contributed by atoms with E-state index >= 15 is 0 Å². The van der Waals surface area contributed by atoms with E-state index in [0.29, 0.717) is 27.4 Å². The number of hydrogen-bond acceptors (Lipinski definition) is 2. The molecule has 0 radical (unpaired) electrons. The van der Waals surface area contributed by atoms with Crippen LogP contribution in [0.2, 0.25) is 15.1 Å². The van der Waals surface area contributed by atoms with E-state index in [1.165, 1.54) is 0 Å². The Morgan fingerprint density at radius 1 is 1.25 bits per heavy atom. The van der Waals surface area contributed by atoms with E-state index in [4.69, 9.17) is 39.5 Å². The van der Waals surface area contributed by atoms with Crippen molar-refractivity contribution in [3.8, 4) is 0 Å². The number of hydrogen-bond donors (Lipinski definition) is 1. The summed E-state index contributed by atoms with van der Waals surface area (Å²) in [4.78, 5) is 0. The highest BCUT2D eigenvalue weighted by molar-refractivity contribution is 6.41. The molecule has 2 nitrogen and oxygen atoms in total. The van der Waals surface area contributed by atoms with Crippen molar-refractivity contribution in [1.82, 2.24) is 0 Å². The smallest absolute Gasteiger partial charge is 0.0722 e. The van der Waals surface area contributed by atoms with Gasteiger partial charge in [-0.25, -0.2) is 0 Å². The molecule has 1 aromatic carbocycles. The van der Waals surface area contributed by atoms with Gasteiger partial charge in [0.05, 0.1) is 22.3 Å². The van der Waals surface area contributed by atoms with Crippen LogP contribution in [-0.2, 0) is 4.74 Å². The van der Waals surface area contributed by atoms with Gasteiger partial charge in [0.1, 0.15) is 0 Å². The molecule has 0 bridgehead atoms. The lowest BCUT2D eigenvalue weighted by molar-refractivity contribution is 0.184. The third-order valence-electron chi connectivity index (χ3n) is 2.22. The van der Waals surface area contributed by atoms with Crippen molar-refractivity contribution < 1.29 is 4.74 Å². The number of benzene rings is 1. The average Bonchev–Trinajstić information content (AvgIpc) is 2.21. The van der Waals surface area contributed by atoms with Crippen molar-refractivity contribution >= 4 is 40.5 Å². The van der Waals surface area contributed by atoms with Crippen LogP contribution in [0.25, 0.3) is 0 Å². The molecule has 1 unspecified atom stereocenters. The summed E-state index contributed by atoms with van der Waals surface area (Å²) in [6.45, 7) is 2.67. The second kappa shape index (κ2) is 6.55. The van der Waals surface area contributed by atoms with Gasteiger partial charge in [0.15, 0.2) is 0 Å². The number of ether oxygens (including phenoxy) is 1. The van der Waals surface area contributed by atoms with Crippen molar-refractivity contribution in [2.24, 2.45) is 0 Å². The minimum Gasteiger partial charge on any atom is -0.383 e. The Morgan fingerprint density at radius 2 is 1.81 bits per heavy atom. The summed E-state index contributed by atoms with van der Waals surface area (Å²) in [6, 6.07) is 3.51. The molecule has 0 fully saturated rings. The highest BCUT2D eigenvalue weighted by atomic mass is 35.5.